The molecule has 126 valence electrons. The van der Waals surface area contributed by atoms with Crippen molar-refractivity contribution in [2.45, 2.75) is 70.6 Å². The van der Waals surface area contributed by atoms with Gasteiger partial charge in [0, 0.05) is 24.2 Å². The fourth-order valence-electron chi connectivity index (χ4n) is 3.68. The molecule has 2 rings (SSSR count). The molecular weight excluding hydrogens is 282 g/mol. The first-order chi connectivity index (χ1) is 10.4. The molecule has 2 fully saturated rings. The van der Waals surface area contributed by atoms with Gasteiger partial charge in [0.1, 0.15) is 0 Å². The first-order valence-corrected chi connectivity index (χ1v) is 8.41. The molecule has 2 aliphatic rings. The average molecular weight is 311 g/mol. The molecule has 1 aliphatic heterocycles. The number of nitrogens with zero attached hydrogens (tertiary/aromatic N) is 2. The Morgan fingerprint density at radius 2 is 1.82 bits per heavy atom. The Morgan fingerprint density at radius 3 is 2.32 bits per heavy atom. The van der Waals surface area contributed by atoms with Crippen molar-refractivity contribution in [3.05, 3.63) is 0 Å². The molecule has 0 aromatic rings. The Morgan fingerprint density at radius 1 is 1.23 bits per heavy atom. The molecule has 22 heavy (non-hydrogen) atoms. The van der Waals surface area contributed by atoms with E-state index < -0.39 is 5.97 Å². The number of carbonyl (C=O) groups is 2. The molecule has 2 unspecified atom stereocenters. The Balaban J connectivity index is 1.70. The second-order valence-corrected chi connectivity index (χ2v) is 6.79. The molecule has 2 atom stereocenters. The number of likely N-dealkylation sites (N-methyl/N-ethyl adjacent to an activating group) is 1. The molecule has 0 aromatic heterocycles. The summed E-state index contributed by atoms with van der Waals surface area (Å²) in [7, 11) is 0. The van der Waals surface area contributed by atoms with E-state index >= 15 is 0 Å². The molecule has 6 heteroatoms. The standard InChI is InChI=1S/C16H29N3O3/c1-4-18(10-16(21)22)14-7-13(8-14)17-15(20)9-19-11(2)5-6-12(19)3/h11-14H,4-10H2,1-3H3,(H,17,20)(H,21,22). The van der Waals surface area contributed by atoms with Crippen molar-refractivity contribution in [3.63, 3.8) is 0 Å². The number of hydrogen-bond donors (Lipinski definition) is 2. The van der Waals surface area contributed by atoms with Gasteiger partial charge in [-0.05, 0) is 46.1 Å². The van der Waals surface area contributed by atoms with Crippen LogP contribution in [0.3, 0.4) is 0 Å². The lowest BCUT2D eigenvalue weighted by atomic mass is 9.85. The topological polar surface area (TPSA) is 72.9 Å². The van der Waals surface area contributed by atoms with Crippen LogP contribution in [0.25, 0.3) is 0 Å². The molecule has 1 saturated carbocycles. The van der Waals surface area contributed by atoms with Crippen LogP contribution in [0.15, 0.2) is 0 Å². The normalized spacial score (nSPS) is 32.0. The lowest BCUT2D eigenvalue weighted by molar-refractivity contribution is -0.139. The minimum Gasteiger partial charge on any atom is -0.480 e. The molecule has 0 bridgehead atoms. The van der Waals surface area contributed by atoms with Gasteiger partial charge in [0.25, 0.3) is 0 Å². The molecule has 0 aromatic carbocycles. The van der Waals surface area contributed by atoms with Crippen LogP contribution < -0.4 is 5.32 Å². The Kier molecular flexibility index (Phi) is 5.81. The molecule has 1 aliphatic carbocycles. The summed E-state index contributed by atoms with van der Waals surface area (Å²) in [5.74, 6) is -0.684. The van der Waals surface area contributed by atoms with Gasteiger partial charge in [-0.2, -0.15) is 0 Å². The van der Waals surface area contributed by atoms with Crippen molar-refractivity contribution in [2.75, 3.05) is 19.6 Å². The minimum absolute atomic E-state index is 0.0879. The summed E-state index contributed by atoms with van der Waals surface area (Å²) in [5.41, 5.74) is 0. The van der Waals surface area contributed by atoms with E-state index in [2.05, 4.69) is 24.1 Å². The fourth-order valence-corrected chi connectivity index (χ4v) is 3.68. The Labute approximate surface area is 132 Å². The van der Waals surface area contributed by atoms with Crippen molar-refractivity contribution in [1.82, 2.24) is 15.1 Å². The Bertz CT molecular complexity index is 399. The fraction of sp³-hybridized carbons (Fsp3) is 0.875. The number of amides is 1. The summed E-state index contributed by atoms with van der Waals surface area (Å²) in [6.45, 7) is 7.65. The van der Waals surface area contributed by atoms with E-state index in [1.54, 1.807) is 0 Å². The number of nitrogens with one attached hydrogen (secondary N) is 1. The second-order valence-electron chi connectivity index (χ2n) is 6.79. The van der Waals surface area contributed by atoms with Crippen LogP contribution in [0, 0.1) is 0 Å². The monoisotopic (exact) mass is 311 g/mol. The number of rotatable bonds is 7. The summed E-state index contributed by atoms with van der Waals surface area (Å²) in [6.07, 6.45) is 4.05. The summed E-state index contributed by atoms with van der Waals surface area (Å²) < 4.78 is 0. The van der Waals surface area contributed by atoms with Crippen LogP contribution in [0.1, 0.15) is 46.5 Å². The van der Waals surface area contributed by atoms with Crippen molar-refractivity contribution < 1.29 is 14.7 Å². The van der Waals surface area contributed by atoms with Gasteiger partial charge in [0.15, 0.2) is 0 Å². The van der Waals surface area contributed by atoms with Gasteiger partial charge in [-0.1, -0.05) is 6.92 Å². The smallest absolute Gasteiger partial charge is 0.317 e. The highest BCUT2D eigenvalue weighted by atomic mass is 16.4. The molecule has 0 radical (unpaired) electrons. The van der Waals surface area contributed by atoms with Gasteiger partial charge in [0.05, 0.1) is 13.1 Å². The average Bonchev–Trinajstić information content (AvgIpc) is 2.71. The maximum Gasteiger partial charge on any atom is 0.317 e. The summed E-state index contributed by atoms with van der Waals surface area (Å²) in [5, 5.41) is 12.0. The van der Waals surface area contributed by atoms with Gasteiger partial charge < -0.3 is 10.4 Å². The largest absolute Gasteiger partial charge is 0.480 e. The van der Waals surface area contributed by atoms with E-state index in [-0.39, 0.29) is 24.5 Å². The van der Waals surface area contributed by atoms with E-state index in [1.165, 1.54) is 12.8 Å². The third-order valence-corrected chi connectivity index (χ3v) is 5.20. The van der Waals surface area contributed by atoms with Gasteiger partial charge in [-0.25, -0.2) is 0 Å². The number of likely N-dealkylation sites (tertiary alicyclic amines) is 1. The third kappa shape index (κ3) is 4.20. The maximum absolute atomic E-state index is 12.2. The van der Waals surface area contributed by atoms with E-state index in [4.69, 9.17) is 5.11 Å². The number of carbonyl (C=O) groups excluding carboxylic acids is 1. The van der Waals surface area contributed by atoms with E-state index in [0.717, 1.165) is 19.4 Å². The number of carboxylic acid groups (broad SMARTS) is 1. The quantitative estimate of drug-likeness (QED) is 0.731. The van der Waals surface area contributed by atoms with Crippen LogP contribution in [-0.2, 0) is 9.59 Å². The van der Waals surface area contributed by atoms with Crippen LogP contribution in [0.4, 0.5) is 0 Å². The van der Waals surface area contributed by atoms with Gasteiger partial charge in [0.2, 0.25) is 5.91 Å². The summed E-state index contributed by atoms with van der Waals surface area (Å²) in [6, 6.07) is 1.46. The molecule has 1 heterocycles. The lowest BCUT2D eigenvalue weighted by Gasteiger charge is -2.42. The zero-order valence-electron chi connectivity index (χ0n) is 13.9. The zero-order chi connectivity index (χ0) is 16.3. The molecule has 2 N–H and O–H groups in total. The van der Waals surface area contributed by atoms with E-state index in [1.807, 2.05) is 11.8 Å². The summed E-state index contributed by atoms with van der Waals surface area (Å²) in [4.78, 5) is 27.2. The number of carboxylic acids is 1. The summed E-state index contributed by atoms with van der Waals surface area (Å²) >= 11 is 0. The van der Waals surface area contributed by atoms with E-state index in [0.29, 0.717) is 18.6 Å². The number of aliphatic carboxylic acids is 1. The minimum atomic E-state index is -0.786. The third-order valence-electron chi connectivity index (χ3n) is 5.20. The van der Waals surface area contributed by atoms with Crippen molar-refractivity contribution in [3.8, 4) is 0 Å². The predicted molar refractivity (Wildman–Crippen MR) is 84.7 cm³/mol. The van der Waals surface area contributed by atoms with E-state index in [9.17, 15) is 9.59 Å². The van der Waals surface area contributed by atoms with Crippen LogP contribution in [0.2, 0.25) is 0 Å². The predicted octanol–water partition coefficient (Wildman–Crippen LogP) is 0.913. The first kappa shape index (κ1) is 17.2. The Hall–Kier alpha value is -1.14. The van der Waals surface area contributed by atoms with Crippen LogP contribution in [0.5, 0.6) is 0 Å². The highest BCUT2D eigenvalue weighted by Gasteiger charge is 2.35. The molecule has 0 spiro atoms. The maximum atomic E-state index is 12.2. The lowest BCUT2D eigenvalue weighted by Crippen LogP contribution is -2.56. The molecule has 6 nitrogen and oxygen atoms in total. The van der Waals surface area contributed by atoms with Gasteiger partial charge in [-0.15, -0.1) is 0 Å². The van der Waals surface area contributed by atoms with Crippen molar-refractivity contribution >= 4 is 11.9 Å². The number of hydrogen-bond acceptors (Lipinski definition) is 4. The highest BCUT2D eigenvalue weighted by molar-refractivity contribution is 5.78. The zero-order valence-corrected chi connectivity index (χ0v) is 13.9. The van der Waals surface area contributed by atoms with Gasteiger partial charge in [-0.3, -0.25) is 19.4 Å². The molecular formula is C16H29N3O3. The van der Waals surface area contributed by atoms with Gasteiger partial charge >= 0.3 is 5.97 Å². The SMILES string of the molecule is CCN(CC(=O)O)C1CC(NC(=O)CN2C(C)CCC2C)C1. The van der Waals surface area contributed by atoms with Crippen LogP contribution >= 0.6 is 0 Å². The van der Waals surface area contributed by atoms with Crippen LogP contribution in [-0.4, -0.2) is 70.6 Å². The molecule has 1 amide bonds. The van der Waals surface area contributed by atoms with Crippen molar-refractivity contribution in [1.29, 1.82) is 0 Å². The second kappa shape index (κ2) is 7.42. The van der Waals surface area contributed by atoms with Crippen molar-refractivity contribution in [2.24, 2.45) is 0 Å². The highest BCUT2D eigenvalue weighted by Crippen LogP contribution is 2.26. The molecule has 1 saturated heterocycles. The first-order valence-electron chi connectivity index (χ1n) is 8.41.